The molecular formula is C13H28N2O6. The number of aliphatic hydroxyl groups excluding tert-OH is 2. The van der Waals surface area contributed by atoms with E-state index in [0.29, 0.717) is 46.0 Å². The quantitative estimate of drug-likeness (QED) is 0.205. The normalized spacial score (nSPS) is 12.3. The first-order valence-electron chi connectivity index (χ1n) is 7.16. The summed E-state index contributed by atoms with van der Waals surface area (Å²) in [5.74, 6) is -0.355. The molecule has 0 unspecified atom stereocenters. The van der Waals surface area contributed by atoms with Crippen molar-refractivity contribution in [3.63, 3.8) is 0 Å². The number of hydrogen-bond acceptors (Lipinski definition) is 8. The largest absolute Gasteiger partial charge is 0.463 e. The van der Waals surface area contributed by atoms with E-state index in [1.165, 1.54) is 6.92 Å². The van der Waals surface area contributed by atoms with Gasteiger partial charge in [-0.15, -0.1) is 0 Å². The SMILES string of the molecule is CC(=O)OC[C@@H](COCCNCCO)OCCNCCO. The summed E-state index contributed by atoms with van der Waals surface area (Å²) in [5, 5.41) is 23.2. The number of ether oxygens (including phenoxy) is 3. The topological polar surface area (TPSA) is 109 Å². The highest BCUT2D eigenvalue weighted by atomic mass is 16.6. The highest BCUT2D eigenvalue weighted by molar-refractivity contribution is 5.65. The van der Waals surface area contributed by atoms with Gasteiger partial charge in [-0.1, -0.05) is 0 Å². The molecule has 0 spiro atoms. The molecule has 0 rings (SSSR count). The molecule has 0 aliphatic heterocycles. The van der Waals surface area contributed by atoms with Gasteiger partial charge in [-0.3, -0.25) is 4.79 Å². The maximum absolute atomic E-state index is 10.8. The van der Waals surface area contributed by atoms with Crippen LogP contribution < -0.4 is 10.6 Å². The third-order valence-corrected chi connectivity index (χ3v) is 2.41. The fourth-order valence-electron chi connectivity index (χ4n) is 1.42. The summed E-state index contributed by atoms with van der Waals surface area (Å²) in [6.45, 7) is 5.24. The van der Waals surface area contributed by atoms with Crippen LogP contribution in [0.5, 0.6) is 0 Å². The van der Waals surface area contributed by atoms with Crippen molar-refractivity contribution in [3.8, 4) is 0 Å². The Labute approximate surface area is 125 Å². The molecule has 0 fully saturated rings. The van der Waals surface area contributed by atoms with E-state index in [4.69, 9.17) is 24.4 Å². The van der Waals surface area contributed by atoms with E-state index in [2.05, 4.69) is 10.6 Å². The predicted molar refractivity (Wildman–Crippen MR) is 77.1 cm³/mol. The minimum atomic E-state index is -0.355. The van der Waals surface area contributed by atoms with Gasteiger partial charge in [0, 0.05) is 33.1 Å². The van der Waals surface area contributed by atoms with Gasteiger partial charge >= 0.3 is 5.97 Å². The highest BCUT2D eigenvalue weighted by Gasteiger charge is 2.11. The van der Waals surface area contributed by atoms with Crippen LogP contribution in [-0.2, 0) is 19.0 Å². The number of aliphatic hydroxyl groups is 2. The third-order valence-electron chi connectivity index (χ3n) is 2.41. The standard InChI is InChI=1S/C13H28N2O6/c1-12(18)21-11-13(20-9-5-15-3-7-17)10-19-8-4-14-2-6-16/h13-17H,2-11H2,1H3/t13-/m1/s1. The molecule has 0 aliphatic rings. The fraction of sp³-hybridized carbons (Fsp3) is 0.923. The van der Waals surface area contributed by atoms with E-state index < -0.39 is 0 Å². The molecule has 1 atom stereocenters. The number of rotatable bonds is 15. The molecule has 0 aromatic rings. The maximum Gasteiger partial charge on any atom is 0.302 e. The number of nitrogens with one attached hydrogen (secondary N) is 2. The molecule has 0 aliphatic carbocycles. The Morgan fingerprint density at radius 3 is 2.19 bits per heavy atom. The molecule has 0 aromatic carbocycles. The average Bonchev–Trinajstić information content (AvgIpc) is 2.47. The van der Waals surface area contributed by atoms with Crippen molar-refractivity contribution >= 4 is 5.97 Å². The smallest absolute Gasteiger partial charge is 0.302 e. The molecule has 0 heterocycles. The second-order valence-corrected chi connectivity index (χ2v) is 4.32. The first kappa shape index (κ1) is 20.2. The van der Waals surface area contributed by atoms with E-state index >= 15 is 0 Å². The zero-order valence-corrected chi connectivity index (χ0v) is 12.7. The van der Waals surface area contributed by atoms with Gasteiger partial charge in [-0.25, -0.2) is 0 Å². The lowest BCUT2D eigenvalue weighted by molar-refractivity contribution is -0.147. The van der Waals surface area contributed by atoms with Crippen LogP contribution in [0.2, 0.25) is 0 Å². The van der Waals surface area contributed by atoms with E-state index in [1.54, 1.807) is 0 Å². The summed E-state index contributed by atoms with van der Waals surface area (Å²) in [4.78, 5) is 10.8. The average molecular weight is 308 g/mol. The highest BCUT2D eigenvalue weighted by Crippen LogP contribution is 1.96. The molecule has 8 nitrogen and oxygen atoms in total. The van der Waals surface area contributed by atoms with Gasteiger partial charge < -0.3 is 35.1 Å². The predicted octanol–water partition coefficient (Wildman–Crippen LogP) is -1.88. The number of carbonyl (C=O) groups is 1. The van der Waals surface area contributed by atoms with Crippen LogP contribution in [0.15, 0.2) is 0 Å². The van der Waals surface area contributed by atoms with Crippen LogP contribution >= 0.6 is 0 Å². The Hall–Kier alpha value is -0.770. The number of carbonyl (C=O) groups excluding carboxylic acids is 1. The van der Waals surface area contributed by atoms with E-state index in [0.717, 1.165) is 0 Å². The first-order chi connectivity index (χ1) is 10.2. The van der Waals surface area contributed by atoms with Crippen LogP contribution in [0, 0.1) is 0 Å². The van der Waals surface area contributed by atoms with Crippen LogP contribution in [0.4, 0.5) is 0 Å². The molecular weight excluding hydrogens is 280 g/mol. The second-order valence-electron chi connectivity index (χ2n) is 4.32. The minimum absolute atomic E-state index is 0.0842. The summed E-state index contributed by atoms with van der Waals surface area (Å²) >= 11 is 0. The summed E-state index contributed by atoms with van der Waals surface area (Å²) < 4.78 is 15.9. The number of hydrogen-bond donors (Lipinski definition) is 4. The molecule has 8 heteroatoms. The van der Waals surface area contributed by atoms with Crippen molar-refractivity contribution in [3.05, 3.63) is 0 Å². The first-order valence-corrected chi connectivity index (χ1v) is 7.16. The maximum atomic E-state index is 10.8. The summed E-state index contributed by atoms with van der Waals surface area (Å²) in [5.41, 5.74) is 0. The Bertz CT molecular complexity index is 243. The van der Waals surface area contributed by atoms with Crippen LogP contribution in [0.25, 0.3) is 0 Å². The molecule has 0 saturated heterocycles. The van der Waals surface area contributed by atoms with Gasteiger partial charge in [0.1, 0.15) is 12.7 Å². The van der Waals surface area contributed by atoms with Crippen molar-refractivity contribution in [2.45, 2.75) is 13.0 Å². The molecule has 0 saturated carbocycles. The lowest BCUT2D eigenvalue weighted by Gasteiger charge is -2.18. The van der Waals surface area contributed by atoms with Crippen molar-refractivity contribution in [2.75, 3.05) is 65.8 Å². The van der Waals surface area contributed by atoms with Gasteiger partial charge in [0.25, 0.3) is 0 Å². The summed E-state index contributed by atoms with van der Waals surface area (Å²) in [7, 11) is 0. The fourth-order valence-corrected chi connectivity index (χ4v) is 1.42. The van der Waals surface area contributed by atoms with Gasteiger partial charge in [-0.2, -0.15) is 0 Å². The molecule has 0 radical (unpaired) electrons. The van der Waals surface area contributed by atoms with Crippen molar-refractivity contribution in [2.24, 2.45) is 0 Å². The lowest BCUT2D eigenvalue weighted by Crippen LogP contribution is -2.32. The molecule has 4 N–H and O–H groups in total. The monoisotopic (exact) mass is 308 g/mol. The Morgan fingerprint density at radius 2 is 1.62 bits per heavy atom. The van der Waals surface area contributed by atoms with Crippen LogP contribution in [0.3, 0.4) is 0 Å². The Morgan fingerprint density at radius 1 is 1.00 bits per heavy atom. The lowest BCUT2D eigenvalue weighted by atomic mass is 10.4. The van der Waals surface area contributed by atoms with Gasteiger partial charge in [-0.05, 0) is 0 Å². The van der Waals surface area contributed by atoms with E-state index in [1.807, 2.05) is 0 Å². The van der Waals surface area contributed by atoms with Crippen molar-refractivity contribution < 1.29 is 29.2 Å². The molecule has 0 amide bonds. The molecule has 21 heavy (non-hydrogen) atoms. The Kier molecular flexibility index (Phi) is 15.0. The van der Waals surface area contributed by atoms with E-state index in [9.17, 15) is 4.79 Å². The van der Waals surface area contributed by atoms with Gasteiger partial charge in [0.15, 0.2) is 0 Å². The molecule has 0 bridgehead atoms. The molecule has 126 valence electrons. The Balaban J connectivity index is 3.72. The van der Waals surface area contributed by atoms with Gasteiger partial charge in [0.05, 0.1) is 33.0 Å². The second kappa shape index (κ2) is 15.6. The third kappa shape index (κ3) is 15.4. The minimum Gasteiger partial charge on any atom is -0.463 e. The summed E-state index contributed by atoms with van der Waals surface area (Å²) in [6.07, 6.45) is -0.317. The number of esters is 1. The summed E-state index contributed by atoms with van der Waals surface area (Å²) in [6, 6.07) is 0. The van der Waals surface area contributed by atoms with Crippen LogP contribution in [0.1, 0.15) is 6.92 Å². The van der Waals surface area contributed by atoms with E-state index in [-0.39, 0.29) is 31.9 Å². The van der Waals surface area contributed by atoms with Crippen molar-refractivity contribution in [1.82, 2.24) is 10.6 Å². The van der Waals surface area contributed by atoms with Crippen molar-refractivity contribution in [1.29, 1.82) is 0 Å². The van der Waals surface area contributed by atoms with Crippen LogP contribution in [-0.4, -0.2) is 88.1 Å². The zero-order chi connectivity index (χ0) is 15.8. The van der Waals surface area contributed by atoms with Gasteiger partial charge in [0.2, 0.25) is 0 Å². The zero-order valence-electron chi connectivity index (χ0n) is 12.7. The molecule has 0 aromatic heterocycles.